The molecule has 1 aromatic rings. The average molecular weight is 384 g/mol. The molecule has 0 radical (unpaired) electrons. The molecule has 1 heterocycles. The van der Waals surface area contributed by atoms with E-state index in [9.17, 15) is 18.0 Å². The highest BCUT2D eigenvalue weighted by Gasteiger charge is 2.24. The summed E-state index contributed by atoms with van der Waals surface area (Å²) in [7, 11) is -3.67. The van der Waals surface area contributed by atoms with Gasteiger partial charge in [0.25, 0.3) is 5.56 Å². The van der Waals surface area contributed by atoms with Gasteiger partial charge in [0, 0.05) is 31.4 Å². The van der Waals surface area contributed by atoms with Gasteiger partial charge in [-0.15, -0.1) is 0 Å². The summed E-state index contributed by atoms with van der Waals surface area (Å²) in [6, 6.07) is 2.62. The summed E-state index contributed by atoms with van der Waals surface area (Å²) in [6.45, 7) is 6.15. The molecule has 0 bridgehead atoms. The number of nitrogens with one attached hydrogen (secondary N) is 1. The van der Waals surface area contributed by atoms with Crippen molar-refractivity contribution in [2.45, 2.75) is 63.9 Å². The lowest BCUT2D eigenvalue weighted by molar-refractivity contribution is -0.123. The minimum absolute atomic E-state index is 0.0274. The third-order valence-corrected chi connectivity index (χ3v) is 7.10. The van der Waals surface area contributed by atoms with Crippen LogP contribution in [0, 0.1) is 5.92 Å². The quantitative estimate of drug-likeness (QED) is 0.774. The van der Waals surface area contributed by atoms with Crippen molar-refractivity contribution in [3.05, 3.63) is 28.7 Å². The number of carbonyl (C=O) groups excluding carboxylic acids is 1. The SMILES string of the molecule is CCN(CC)S(=O)(=O)c1ccc(=O)n(CC(=O)NC2CCCCC2C)c1. The second kappa shape index (κ2) is 8.81. The monoisotopic (exact) mass is 383 g/mol. The fourth-order valence-corrected chi connectivity index (χ4v) is 4.91. The first-order valence-corrected chi connectivity index (χ1v) is 10.7. The van der Waals surface area contributed by atoms with Crippen molar-refractivity contribution >= 4 is 15.9 Å². The Bertz CT molecular complexity index is 784. The number of pyridine rings is 1. The standard InChI is InChI=1S/C18H29N3O4S/c1-4-21(5-2)26(24,25)15-10-11-18(23)20(12-15)13-17(22)19-16-9-7-6-8-14(16)3/h10-12,14,16H,4-9,13H2,1-3H3,(H,19,22). The number of aromatic nitrogens is 1. The van der Waals surface area contributed by atoms with Gasteiger partial charge in [-0.05, 0) is 24.8 Å². The van der Waals surface area contributed by atoms with Gasteiger partial charge in [-0.3, -0.25) is 9.59 Å². The molecule has 2 atom stereocenters. The van der Waals surface area contributed by atoms with Gasteiger partial charge in [0.1, 0.15) is 6.54 Å². The van der Waals surface area contributed by atoms with Gasteiger partial charge < -0.3 is 9.88 Å². The first-order valence-electron chi connectivity index (χ1n) is 9.29. The van der Waals surface area contributed by atoms with Crippen LogP contribution in [0.15, 0.2) is 28.0 Å². The molecule has 1 fully saturated rings. The van der Waals surface area contributed by atoms with Crippen molar-refractivity contribution in [1.82, 2.24) is 14.2 Å². The molecule has 2 unspecified atom stereocenters. The van der Waals surface area contributed by atoms with E-state index < -0.39 is 15.6 Å². The highest BCUT2D eigenvalue weighted by atomic mass is 32.2. The summed E-state index contributed by atoms with van der Waals surface area (Å²) in [5, 5.41) is 2.99. The van der Waals surface area contributed by atoms with Crippen LogP contribution in [0.3, 0.4) is 0 Å². The van der Waals surface area contributed by atoms with E-state index in [1.807, 2.05) is 0 Å². The zero-order valence-electron chi connectivity index (χ0n) is 15.8. The minimum Gasteiger partial charge on any atom is -0.352 e. The van der Waals surface area contributed by atoms with E-state index in [0.29, 0.717) is 19.0 Å². The van der Waals surface area contributed by atoms with Crippen LogP contribution < -0.4 is 10.9 Å². The van der Waals surface area contributed by atoms with Crippen molar-refractivity contribution < 1.29 is 13.2 Å². The second-order valence-corrected chi connectivity index (χ2v) is 8.79. The van der Waals surface area contributed by atoms with Crippen molar-refractivity contribution in [2.24, 2.45) is 5.92 Å². The van der Waals surface area contributed by atoms with Crippen molar-refractivity contribution in [2.75, 3.05) is 13.1 Å². The number of carbonyl (C=O) groups is 1. The zero-order chi connectivity index (χ0) is 19.3. The zero-order valence-corrected chi connectivity index (χ0v) is 16.6. The summed E-state index contributed by atoms with van der Waals surface area (Å²) >= 11 is 0. The Hall–Kier alpha value is -1.67. The molecule has 1 N–H and O–H groups in total. The van der Waals surface area contributed by atoms with Gasteiger partial charge in [-0.2, -0.15) is 4.31 Å². The lowest BCUT2D eigenvalue weighted by atomic mass is 9.86. The predicted molar refractivity (Wildman–Crippen MR) is 100 cm³/mol. The fraction of sp³-hybridized carbons (Fsp3) is 0.667. The topological polar surface area (TPSA) is 88.5 Å². The first-order chi connectivity index (χ1) is 12.3. The van der Waals surface area contributed by atoms with E-state index in [2.05, 4.69) is 12.2 Å². The Balaban J connectivity index is 2.17. The lowest BCUT2D eigenvalue weighted by Crippen LogP contribution is -2.43. The van der Waals surface area contributed by atoms with Crippen LogP contribution in [0.4, 0.5) is 0 Å². The van der Waals surface area contributed by atoms with Crippen LogP contribution in [-0.2, 0) is 21.4 Å². The number of nitrogens with zero attached hydrogens (tertiary/aromatic N) is 2. The minimum atomic E-state index is -3.67. The molecular formula is C18H29N3O4S. The Morgan fingerprint density at radius 1 is 1.23 bits per heavy atom. The van der Waals surface area contributed by atoms with Gasteiger partial charge >= 0.3 is 0 Å². The third kappa shape index (κ3) is 4.73. The molecule has 8 heteroatoms. The molecule has 0 saturated heterocycles. The maximum atomic E-state index is 12.6. The summed E-state index contributed by atoms with van der Waals surface area (Å²) in [5.74, 6) is 0.155. The van der Waals surface area contributed by atoms with Crippen molar-refractivity contribution in [1.29, 1.82) is 0 Å². The maximum absolute atomic E-state index is 12.6. The molecule has 0 aliphatic heterocycles. The molecule has 1 aliphatic rings. The Morgan fingerprint density at radius 3 is 2.50 bits per heavy atom. The Labute approximate surface area is 155 Å². The van der Waals surface area contributed by atoms with Gasteiger partial charge in [-0.25, -0.2) is 8.42 Å². The number of amides is 1. The van der Waals surface area contributed by atoms with E-state index in [0.717, 1.165) is 19.3 Å². The molecule has 2 rings (SSSR count). The second-order valence-electron chi connectivity index (χ2n) is 6.86. The van der Waals surface area contributed by atoms with Gasteiger partial charge in [0.2, 0.25) is 15.9 Å². The van der Waals surface area contributed by atoms with Crippen molar-refractivity contribution in [3.63, 3.8) is 0 Å². The molecule has 1 aliphatic carbocycles. The molecule has 1 aromatic heterocycles. The number of hydrogen-bond acceptors (Lipinski definition) is 4. The lowest BCUT2D eigenvalue weighted by Gasteiger charge is -2.29. The summed E-state index contributed by atoms with van der Waals surface area (Å²) in [4.78, 5) is 24.5. The number of sulfonamides is 1. The average Bonchev–Trinajstić information content (AvgIpc) is 2.59. The molecule has 1 saturated carbocycles. The summed E-state index contributed by atoms with van der Waals surface area (Å²) < 4.78 is 27.7. The van der Waals surface area contributed by atoms with Gasteiger partial charge in [-0.1, -0.05) is 33.6 Å². The predicted octanol–water partition coefficient (Wildman–Crippen LogP) is 1.57. The molecule has 1 amide bonds. The van der Waals surface area contributed by atoms with E-state index in [-0.39, 0.29) is 23.4 Å². The molecule has 0 aromatic carbocycles. The molecule has 146 valence electrons. The van der Waals surface area contributed by atoms with E-state index in [1.165, 1.54) is 33.6 Å². The fourth-order valence-electron chi connectivity index (χ4n) is 3.44. The molecule has 7 nitrogen and oxygen atoms in total. The molecular weight excluding hydrogens is 354 g/mol. The van der Waals surface area contributed by atoms with Crippen LogP contribution in [0.5, 0.6) is 0 Å². The Morgan fingerprint density at radius 2 is 1.88 bits per heavy atom. The molecule has 0 spiro atoms. The third-order valence-electron chi connectivity index (χ3n) is 5.07. The molecule has 26 heavy (non-hydrogen) atoms. The van der Waals surface area contributed by atoms with Gasteiger partial charge in [0.05, 0.1) is 4.90 Å². The summed E-state index contributed by atoms with van der Waals surface area (Å²) in [5.41, 5.74) is -0.393. The highest BCUT2D eigenvalue weighted by Crippen LogP contribution is 2.23. The van der Waals surface area contributed by atoms with E-state index in [1.54, 1.807) is 13.8 Å². The van der Waals surface area contributed by atoms with Gasteiger partial charge in [0.15, 0.2) is 0 Å². The normalized spacial score (nSPS) is 20.9. The van der Waals surface area contributed by atoms with E-state index in [4.69, 9.17) is 0 Å². The number of hydrogen-bond donors (Lipinski definition) is 1. The smallest absolute Gasteiger partial charge is 0.251 e. The summed E-state index contributed by atoms with van der Waals surface area (Å²) in [6.07, 6.45) is 5.56. The van der Waals surface area contributed by atoms with Crippen LogP contribution >= 0.6 is 0 Å². The van der Waals surface area contributed by atoms with Crippen LogP contribution in [-0.4, -0.2) is 42.3 Å². The van der Waals surface area contributed by atoms with E-state index >= 15 is 0 Å². The van der Waals surface area contributed by atoms with Crippen LogP contribution in [0.2, 0.25) is 0 Å². The van der Waals surface area contributed by atoms with Crippen LogP contribution in [0.25, 0.3) is 0 Å². The number of rotatable bonds is 7. The Kier molecular flexibility index (Phi) is 7.00. The van der Waals surface area contributed by atoms with Crippen LogP contribution in [0.1, 0.15) is 46.5 Å². The first kappa shape index (κ1) is 20.6. The highest BCUT2D eigenvalue weighted by molar-refractivity contribution is 7.89. The van der Waals surface area contributed by atoms with Crippen molar-refractivity contribution in [3.8, 4) is 0 Å². The maximum Gasteiger partial charge on any atom is 0.251 e. The largest absolute Gasteiger partial charge is 0.352 e.